The van der Waals surface area contributed by atoms with Gasteiger partial charge in [-0.2, -0.15) is 5.10 Å². The van der Waals surface area contributed by atoms with Crippen molar-refractivity contribution in [1.29, 1.82) is 0 Å². The molecule has 3 heterocycles. The average molecular weight is 527 g/mol. The summed E-state index contributed by atoms with van der Waals surface area (Å²) in [5.41, 5.74) is 4.51. The highest BCUT2D eigenvalue weighted by molar-refractivity contribution is 6.05. The van der Waals surface area contributed by atoms with Crippen LogP contribution in [0.4, 0.5) is 5.69 Å². The van der Waals surface area contributed by atoms with E-state index in [1.807, 2.05) is 43.3 Å². The Hall–Kier alpha value is -4.60. The van der Waals surface area contributed by atoms with E-state index in [0.29, 0.717) is 28.8 Å². The van der Waals surface area contributed by atoms with Crippen molar-refractivity contribution >= 4 is 17.6 Å². The molecule has 2 N–H and O–H groups in total. The molecule has 3 aromatic heterocycles. The molecule has 10 heteroatoms. The molecule has 0 bridgehead atoms. The minimum Gasteiger partial charge on any atom is -0.481 e. The van der Waals surface area contributed by atoms with Crippen molar-refractivity contribution in [3.63, 3.8) is 0 Å². The zero-order valence-corrected chi connectivity index (χ0v) is 21.9. The first kappa shape index (κ1) is 26.0. The monoisotopic (exact) mass is 526 g/mol. The second-order valence-corrected chi connectivity index (χ2v) is 9.86. The fourth-order valence-electron chi connectivity index (χ4n) is 4.92. The van der Waals surface area contributed by atoms with Crippen LogP contribution < -0.4 is 10.1 Å². The number of benzene rings is 1. The fraction of sp³-hybridized carbons (Fsp3) is 0.310. The molecule has 200 valence electrons. The van der Waals surface area contributed by atoms with Gasteiger partial charge in [-0.1, -0.05) is 12.1 Å². The van der Waals surface area contributed by atoms with Crippen LogP contribution in [0, 0.1) is 19.8 Å². The molecule has 0 unspecified atom stereocenters. The standard InChI is InChI=1S/C29H30N6O4/c1-18-13-22(33-28(38)25-17-35(34-19(25)2)26-5-3-4-12-30-26)8-11-24(18)21-15-31-29(32-16-21)39-23-9-6-20(7-10-23)14-27(36)37/h3-5,8,11-13,15-17,20,23H,6-7,9-10,14H2,1-2H3,(H,33,38)(H,36,37). The Morgan fingerprint density at radius 1 is 1.05 bits per heavy atom. The molecule has 4 aromatic rings. The van der Waals surface area contributed by atoms with Crippen LogP contribution in [0.2, 0.25) is 0 Å². The number of ether oxygens (including phenoxy) is 1. The highest BCUT2D eigenvalue weighted by Crippen LogP contribution is 2.30. The molecule has 1 saturated carbocycles. The van der Waals surface area contributed by atoms with E-state index >= 15 is 0 Å². The van der Waals surface area contributed by atoms with Gasteiger partial charge in [-0.05, 0) is 80.8 Å². The number of aromatic nitrogens is 5. The summed E-state index contributed by atoms with van der Waals surface area (Å²) in [6.45, 7) is 3.76. The van der Waals surface area contributed by atoms with Gasteiger partial charge >= 0.3 is 12.0 Å². The number of carboxylic acid groups (broad SMARTS) is 1. The summed E-state index contributed by atoms with van der Waals surface area (Å²) in [6.07, 6.45) is 10.3. The van der Waals surface area contributed by atoms with Gasteiger partial charge in [0, 0.05) is 42.5 Å². The van der Waals surface area contributed by atoms with E-state index in [2.05, 4.69) is 25.4 Å². The van der Waals surface area contributed by atoms with Crippen LogP contribution in [0.15, 0.2) is 61.2 Å². The Bertz CT molecular complexity index is 1460. The van der Waals surface area contributed by atoms with Crippen molar-refractivity contribution in [3.05, 3.63) is 78.0 Å². The molecule has 1 aliphatic carbocycles. The smallest absolute Gasteiger partial charge is 0.316 e. The Morgan fingerprint density at radius 2 is 1.82 bits per heavy atom. The molecule has 1 fully saturated rings. The number of rotatable bonds is 8. The number of aryl methyl sites for hydroxylation is 2. The van der Waals surface area contributed by atoms with Crippen molar-refractivity contribution in [2.45, 2.75) is 52.1 Å². The Balaban J connectivity index is 1.20. The van der Waals surface area contributed by atoms with Crippen LogP contribution >= 0.6 is 0 Å². The maximum Gasteiger partial charge on any atom is 0.316 e. The third-order valence-corrected chi connectivity index (χ3v) is 6.98. The number of carboxylic acids is 1. The topological polar surface area (TPSA) is 132 Å². The Labute approximate surface area is 226 Å². The van der Waals surface area contributed by atoms with Gasteiger partial charge in [0.2, 0.25) is 0 Å². The number of anilines is 1. The molecule has 1 aromatic carbocycles. The molecule has 39 heavy (non-hydrogen) atoms. The molecule has 10 nitrogen and oxygen atoms in total. The summed E-state index contributed by atoms with van der Waals surface area (Å²) < 4.78 is 7.54. The molecule has 0 aliphatic heterocycles. The Morgan fingerprint density at radius 3 is 2.49 bits per heavy atom. The lowest BCUT2D eigenvalue weighted by molar-refractivity contribution is -0.138. The normalized spacial score (nSPS) is 17.0. The summed E-state index contributed by atoms with van der Waals surface area (Å²) in [6, 6.07) is 11.5. The van der Waals surface area contributed by atoms with E-state index in [9.17, 15) is 9.59 Å². The van der Waals surface area contributed by atoms with Crippen LogP contribution in [0.3, 0.4) is 0 Å². The lowest BCUT2D eigenvalue weighted by atomic mass is 9.85. The largest absolute Gasteiger partial charge is 0.481 e. The summed E-state index contributed by atoms with van der Waals surface area (Å²) in [7, 11) is 0. The lowest BCUT2D eigenvalue weighted by Gasteiger charge is -2.27. The molecule has 5 rings (SSSR count). The average Bonchev–Trinajstić information content (AvgIpc) is 3.32. The zero-order chi connectivity index (χ0) is 27.4. The number of nitrogens with zero attached hydrogens (tertiary/aromatic N) is 5. The van der Waals surface area contributed by atoms with Crippen LogP contribution in [0.25, 0.3) is 16.9 Å². The summed E-state index contributed by atoms with van der Waals surface area (Å²) in [5.74, 6) is -0.132. The van der Waals surface area contributed by atoms with Gasteiger partial charge in [0.15, 0.2) is 5.82 Å². The number of hydrogen-bond donors (Lipinski definition) is 2. The predicted octanol–water partition coefficient (Wildman–Crippen LogP) is 5.01. The molecule has 0 spiro atoms. The number of hydrogen-bond acceptors (Lipinski definition) is 7. The second-order valence-electron chi connectivity index (χ2n) is 9.86. The molecular weight excluding hydrogens is 496 g/mol. The van der Waals surface area contributed by atoms with Crippen molar-refractivity contribution in [2.24, 2.45) is 5.92 Å². The van der Waals surface area contributed by atoms with Gasteiger partial charge in [0.25, 0.3) is 5.91 Å². The summed E-state index contributed by atoms with van der Waals surface area (Å²) in [5, 5.41) is 16.4. The second kappa shape index (κ2) is 11.4. The van der Waals surface area contributed by atoms with Gasteiger partial charge in [-0.3, -0.25) is 9.59 Å². The van der Waals surface area contributed by atoms with Crippen LogP contribution in [-0.4, -0.2) is 47.8 Å². The number of carbonyl (C=O) groups is 2. The molecule has 1 aliphatic rings. The van der Waals surface area contributed by atoms with Gasteiger partial charge in [0.05, 0.1) is 11.3 Å². The summed E-state index contributed by atoms with van der Waals surface area (Å²) >= 11 is 0. The quantitative estimate of drug-likeness (QED) is 0.328. The molecule has 0 atom stereocenters. The molecule has 1 amide bonds. The van der Waals surface area contributed by atoms with Gasteiger partial charge in [0.1, 0.15) is 6.10 Å². The first-order valence-corrected chi connectivity index (χ1v) is 13.0. The lowest BCUT2D eigenvalue weighted by Crippen LogP contribution is -2.25. The predicted molar refractivity (Wildman–Crippen MR) is 145 cm³/mol. The van der Waals surface area contributed by atoms with Crippen LogP contribution in [-0.2, 0) is 4.79 Å². The van der Waals surface area contributed by atoms with Crippen molar-refractivity contribution < 1.29 is 19.4 Å². The van der Waals surface area contributed by atoms with Gasteiger partial charge in [-0.25, -0.2) is 19.6 Å². The number of nitrogens with one attached hydrogen (secondary N) is 1. The van der Waals surface area contributed by atoms with Gasteiger partial charge < -0.3 is 15.2 Å². The minimum absolute atomic E-state index is 0.00484. The SMILES string of the molecule is Cc1cc(NC(=O)c2cn(-c3ccccn3)nc2C)ccc1-c1cnc(OC2CCC(CC(=O)O)CC2)nc1. The highest BCUT2D eigenvalue weighted by atomic mass is 16.5. The maximum atomic E-state index is 13.0. The number of carbonyl (C=O) groups excluding carboxylic acids is 1. The van der Waals surface area contributed by atoms with Gasteiger partial charge in [-0.15, -0.1) is 0 Å². The number of pyridine rings is 1. The zero-order valence-electron chi connectivity index (χ0n) is 21.9. The van der Waals surface area contributed by atoms with E-state index in [-0.39, 0.29) is 24.3 Å². The van der Waals surface area contributed by atoms with E-state index < -0.39 is 5.97 Å². The number of aliphatic carboxylic acids is 1. The summed E-state index contributed by atoms with van der Waals surface area (Å²) in [4.78, 5) is 37.0. The molecular formula is C29H30N6O4. The first-order valence-electron chi connectivity index (χ1n) is 13.0. The first-order chi connectivity index (χ1) is 18.9. The molecule has 0 saturated heterocycles. The third kappa shape index (κ3) is 6.28. The Kier molecular flexibility index (Phi) is 7.62. The van der Waals surface area contributed by atoms with E-state index in [1.165, 1.54) is 0 Å². The fourth-order valence-corrected chi connectivity index (χ4v) is 4.92. The number of amides is 1. The minimum atomic E-state index is -0.743. The third-order valence-electron chi connectivity index (χ3n) is 6.98. The van der Waals surface area contributed by atoms with E-state index in [1.54, 1.807) is 36.4 Å². The van der Waals surface area contributed by atoms with E-state index in [0.717, 1.165) is 42.4 Å². The maximum absolute atomic E-state index is 13.0. The van der Waals surface area contributed by atoms with E-state index in [4.69, 9.17) is 9.84 Å². The van der Waals surface area contributed by atoms with Crippen molar-refractivity contribution in [1.82, 2.24) is 24.7 Å². The van der Waals surface area contributed by atoms with Crippen molar-refractivity contribution in [2.75, 3.05) is 5.32 Å². The van der Waals surface area contributed by atoms with Crippen LogP contribution in [0.1, 0.15) is 53.7 Å². The van der Waals surface area contributed by atoms with Crippen molar-refractivity contribution in [3.8, 4) is 23.0 Å². The van der Waals surface area contributed by atoms with Crippen LogP contribution in [0.5, 0.6) is 6.01 Å². The highest BCUT2D eigenvalue weighted by Gasteiger charge is 2.24. The molecule has 0 radical (unpaired) electrons.